The molecule has 0 radical (unpaired) electrons. The lowest BCUT2D eigenvalue weighted by Crippen LogP contribution is -2.53. The third-order valence-electron chi connectivity index (χ3n) is 5.32. The van der Waals surface area contributed by atoms with E-state index in [2.05, 4.69) is 45.7 Å². The van der Waals surface area contributed by atoms with Crippen LogP contribution in [0.1, 0.15) is 47.0 Å². The second-order valence-corrected chi connectivity index (χ2v) is 10.0. The molecule has 0 aromatic rings. The van der Waals surface area contributed by atoms with Crippen molar-refractivity contribution in [2.75, 3.05) is 26.1 Å². The Balaban J connectivity index is 2.22. The molecular weight excluding hydrogens is 300 g/mol. The van der Waals surface area contributed by atoms with Crippen molar-refractivity contribution < 1.29 is 13.3 Å². The highest BCUT2D eigenvalue weighted by atomic mass is 32.2. The lowest BCUT2D eigenvalue weighted by molar-refractivity contribution is 0.0497. The first-order valence-electron chi connectivity index (χ1n) is 8.61. The number of fused-ring (bicyclic) bond motifs is 2. The van der Waals surface area contributed by atoms with Gasteiger partial charge in [-0.15, -0.1) is 0 Å². The molecule has 5 atom stereocenters. The molecule has 0 aromatic carbocycles. The van der Waals surface area contributed by atoms with Crippen molar-refractivity contribution in [1.82, 2.24) is 0 Å². The minimum Gasteiger partial charge on any atom is -0.374 e. The summed E-state index contributed by atoms with van der Waals surface area (Å²) in [5.74, 6) is 2.40. The smallest absolute Gasteiger partial charge is 0.374 e. The molecule has 2 fully saturated rings. The zero-order valence-electron chi connectivity index (χ0n) is 14.3. The van der Waals surface area contributed by atoms with Gasteiger partial charge in [0.25, 0.3) is 0 Å². The minimum atomic E-state index is -2.53. The molecule has 124 valence electrons. The highest BCUT2D eigenvalue weighted by Gasteiger charge is 2.62. The predicted octanol–water partition coefficient (Wildman–Crippen LogP) is 4.20. The zero-order valence-corrected chi connectivity index (χ0v) is 16.1. The van der Waals surface area contributed by atoms with Gasteiger partial charge in [0.05, 0.1) is 0 Å². The Morgan fingerprint density at radius 1 is 0.952 bits per heavy atom. The Bertz CT molecular complexity index is 312. The van der Waals surface area contributed by atoms with Crippen LogP contribution in [0, 0.1) is 17.8 Å². The Hall–Kier alpha value is 0.447. The van der Waals surface area contributed by atoms with Crippen molar-refractivity contribution in [3.05, 3.63) is 0 Å². The van der Waals surface area contributed by atoms with Crippen molar-refractivity contribution >= 4 is 20.6 Å². The quantitative estimate of drug-likeness (QED) is 0.591. The number of rotatable bonds is 9. The third-order valence-corrected chi connectivity index (χ3v) is 10.2. The van der Waals surface area contributed by atoms with E-state index in [1.54, 1.807) is 0 Å². The van der Waals surface area contributed by atoms with E-state index in [0.717, 1.165) is 23.0 Å². The summed E-state index contributed by atoms with van der Waals surface area (Å²) in [7, 11) is -2.53. The van der Waals surface area contributed by atoms with E-state index in [-0.39, 0.29) is 0 Å². The van der Waals surface area contributed by atoms with Crippen molar-refractivity contribution in [1.29, 1.82) is 0 Å². The summed E-state index contributed by atoms with van der Waals surface area (Å²) < 4.78 is 18.6. The molecule has 0 N–H and O–H groups in total. The normalized spacial score (nSPS) is 35.6. The molecule has 2 rings (SSSR count). The summed E-state index contributed by atoms with van der Waals surface area (Å²) in [6.07, 6.45) is 6.16. The lowest BCUT2D eigenvalue weighted by atomic mass is 9.86. The summed E-state index contributed by atoms with van der Waals surface area (Å²) in [6, 6.07) is 0. The van der Waals surface area contributed by atoms with E-state index in [9.17, 15) is 0 Å². The van der Waals surface area contributed by atoms with Crippen LogP contribution in [0.3, 0.4) is 0 Å². The Kier molecular flexibility index (Phi) is 6.63. The van der Waals surface area contributed by atoms with Gasteiger partial charge in [-0.1, -0.05) is 13.3 Å². The van der Waals surface area contributed by atoms with Crippen molar-refractivity contribution in [3.8, 4) is 0 Å². The monoisotopic (exact) mass is 332 g/mol. The van der Waals surface area contributed by atoms with Crippen LogP contribution in [0.4, 0.5) is 0 Å². The van der Waals surface area contributed by atoms with E-state index in [0.29, 0.717) is 25.4 Å². The maximum absolute atomic E-state index is 6.20. The number of hydrogen-bond acceptors (Lipinski definition) is 4. The standard InChI is InChI=1S/C16H32O3SSi/c1-6-13-14-10-12(16(13)20-5)11-15(14)21(17-7-2,18-8-3)19-9-4/h12-16H,6-11H2,1-5H3. The molecule has 0 spiro atoms. The highest BCUT2D eigenvalue weighted by Crippen LogP contribution is 2.62. The van der Waals surface area contributed by atoms with Crippen LogP contribution in [0.25, 0.3) is 0 Å². The second-order valence-electron chi connectivity index (χ2n) is 6.18. The summed E-state index contributed by atoms with van der Waals surface area (Å²) in [5, 5.41) is 0.841. The van der Waals surface area contributed by atoms with Gasteiger partial charge in [0.2, 0.25) is 0 Å². The van der Waals surface area contributed by atoms with Crippen LogP contribution in [0.15, 0.2) is 0 Å². The fourth-order valence-electron chi connectivity index (χ4n) is 4.80. The first-order chi connectivity index (χ1) is 10.2. The van der Waals surface area contributed by atoms with Crippen LogP contribution >= 0.6 is 11.8 Å². The van der Waals surface area contributed by atoms with E-state index < -0.39 is 8.80 Å². The lowest BCUT2D eigenvalue weighted by Gasteiger charge is -2.42. The molecule has 0 aromatic heterocycles. The van der Waals surface area contributed by atoms with Gasteiger partial charge in [0.15, 0.2) is 0 Å². The van der Waals surface area contributed by atoms with Crippen molar-refractivity contribution in [2.24, 2.45) is 17.8 Å². The van der Waals surface area contributed by atoms with Crippen molar-refractivity contribution in [2.45, 2.75) is 57.7 Å². The molecule has 2 aliphatic carbocycles. The fraction of sp³-hybridized carbons (Fsp3) is 1.00. The molecule has 2 bridgehead atoms. The van der Waals surface area contributed by atoms with Gasteiger partial charge < -0.3 is 13.3 Å². The second kappa shape index (κ2) is 7.82. The third kappa shape index (κ3) is 3.23. The van der Waals surface area contributed by atoms with Crippen LogP contribution in [-0.4, -0.2) is 40.1 Å². The predicted molar refractivity (Wildman–Crippen MR) is 91.7 cm³/mol. The maximum atomic E-state index is 6.20. The molecule has 0 heterocycles. The van der Waals surface area contributed by atoms with Gasteiger partial charge in [-0.2, -0.15) is 11.8 Å². The van der Waals surface area contributed by atoms with Crippen LogP contribution in [0.5, 0.6) is 0 Å². The Morgan fingerprint density at radius 2 is 1.52 bits per heavy atom. The Labute approximate surface area is 135 Å². The molecule has 0 amide bonds. The van der Waals surface area contributed by atoms with Gasteiger partial charge in [-0.05, 0) is 57.6 Å². The SMILES string of the molecule is CCO[Si](OCC)(OCC)C1CC2CC1C(CC)C2SC. The van der Waals surface area contributed by atoms with E-state index >= 15 is 0 Å². The Morgan fingerprint density at radius 3 is 1.95 bits per heavy atom. The van der Waals surface area contributed by atoms with Gasteiger partial charge in [0, 0.05) is 30.6 Å². The largest absolute Gasteiger partial charge is 0.504 e. The zero-order chi connectivity index (χ0) is 15.5. The molecule has 21 heavy (non-hydrogen) atoms. The molecular formula is C16H32O3SSi. The molecule has 5 heteroatoms. The molecule has 3 nitrogen and oxygen atoms in total. The van der Waals surface area contributed by atoms with Gasteiger partial charge >= 0.3 is 8.80 Å². The topological polar surface area (TPSA) is 27.7 Å². The number of hydrogen-bond donors (Lipinski definition) is 0. The van der Waals surface area contributed by atoms with Gasteiger partial charge in [0.1, 0.15) is 0 Å². The van der Waals surface area contributed by atoms with Gasteiger partial charge in [-0.3, -0.25) is 0 Å². The average Bonchev–Trinajstić information content (AvgIpc) is 3.05. The van der Waals surface area contributed by atoms with Crippen LogP contribution in [0.2, 0.25) is 5.54 Å². The van der Waals surface area contributed by atoms with Crippen LogP contribution in [-0.2, 0) is 13.3 Å². The fourth-order valence-corrected chi connectivity index (χ4v) is 9.75. The van der Waals surface area contributed by atoms with E-state index in [1.165, 1.54) is 19.3 Å². The maximum Gasteiger partial charge on any atom is 0.504 e. The summed E-state index contributed by atoms with van der Waals surface area (Å²) in [6.45, 7) is 10.6. The summed E-state index contributed by atoms with van der Waals surface area (Å²) in [4.78, 5) is 0. The minimum absolute atomic E-state index is 0.524. The van der Waals surface area contributed by atoms with E-state index in [1.807, 2.05) is 0 Å². The molecule has 0 aliphatic heterocycles. The first kappa shape index (κ1) is 17.8. The molecule has 5 unspecified atom stereocenters. The average molecular weight is 333 g/mol. The first-order valence-corrected chi connectivity index (χ1v) is 11.7. The van der Waals surface area contributed by atoms with Crippen LogP contribution < -0.4 is 0 Å². The molecule has 2 aliphatic rings. The highest BCUT2D eigenvalue weighted by molar-refractivity contribution is 7.99. The summed E-state index contributed by atoms with van der Waals surface area (Å²) in [5.41, 5.74) is 0.524. The van der Waals surface area contributed by atoms with Crippen molar-refractivity contribution in [3.63, 3.8) is 0 Å². The molecule has 2 saturated carbocycles. The molecule has 0 saturated heterocycles. The number of thioether (sulfide) groups is 1. The van der Waals surface area contributed by atoms with Gasteiger partial charge in [-0.25, -0.2) is 0 Å². The van der Waals surface area contributed by atoms with E-state index in [4.69, 9.17) is 13.3 Å². The summed E-state index contributed by atoms with van der Waals surface area (Å²) >= 11 is 2.07.